The van der Waals surface area contributed by atoms with Crippen LogP contribution < -0.4 is 5.32 Å². The van der Waals surface area contributed by atoms with Gasteiger partial charge in [-0.3, -0.25) is 9.78 Å². The molecule has 0 aliphatic heterocycles. The van der Waals surface area contributed by atoms with Gasteiger partial charge in [-0.15, -0.1) is 0 Å². The number of methoxy groups -OCH3 is 1. The molecular weight excluding hydrogens is 244 g/mol. The molecule has 0 fully saturated rings. The van der Waals surface area contributed by atoms with Crippen LogP contribution in [-0.4, -0.2) is 24.0 Å². The quantitative estimate of drug-likeness (QED) is 0.839. The van der Waals surface area contributed by atoms with Crippen LogP contribution >= 0.6 is 0 Å². The maximum Gasteiger partial charge on any atom is 0.337 e. The van der Waals surface area contributed by atoms with Crippen LogP contribution in [0.2, 0.25) is 0 Å². The summed E-state index contributed by atoms with van der Waals surface area (Å²) in [5, 5.41) is 3.45. The Morgan fingerprint density at radius 2 is 2.00 bits per heavy atom. The summed E-state index contributed by atoms with van der Waals surface area (Å²) in [4.78, 5) is 27.1. The molecule has 1 N–H and O–H groups in total. The number of pyridine rings is 1. The van der Waals surface area contributed by atoms with Crippen molar-refractivity contribution in [1.82, 2.24) is 4.98 Å². The Morgan fingerprint density at radius 3 is 2.63 bits per heavy atom. The summed E-state index contributed by atoms with van der Waals surface area (Å²) in [5.41, 5.74) is 2.58. The van der Waals surface area contributed by atoms with Gasteiger partial charge in [0.05, 0.1) is 23.9 Å². The summed E-state index contributed by atoms with van der Waals surface area (Å²) in [7, 11) is 1.33. The summed E-state index contributed by atoms with van der Waals surface area (Å²) >= 11 is 0. The van der Waals surface area contributed by atoms with Crippen LogP contribution in [0.1, 0.15) is 23.0 Å². The smallest absolute Gasteiger partial charge is 0.337 e. The highest BCUT2D eigenvalue weighted by molar-refractivity contribution is 6.03. The van der Waals surface area contributed by atoms with Crippen molar-refractivity contribution in [3.63, 3.8) is 0 Å². The molecule has 0 bridgehead atoms. The van der Waals surface area contributed by atoms with Crippen LogP contribution in [0, 0.1) is 6.92 Å². The topological polar surface area (TPSA) is 68.3 Å². The molecule has 1 aromatic heterocycles. The Kier molecular flexibility index (Phi) is 3.46. The molecule has 2 rings (SSSR count). The van der Waals surface area contributed by atoms with Gasteiger partial charge in [-0.2, -0.15) is 0 Å². The molecule has 98 valence electrons. The molecule has 0 saturated carbocycles. The van der Waals surface area contributed by atoms with Gasteiger partial charge in [0, 0.05) is 18.0 Å². The number of hydrogen-bond acceptors (Lipinski definition) is 4. The fourth-order valence-electron chi connectivity index (χ4n) is 1.90. The van der Waals surface area contributed by atoms with E-state index in [1.165, 1.54) is 14.0 Å². The van der Waals surface area contributed by atoms with Gasteiger partial charge >= 0.3 is 5.97 Å². The zero-order valence-electron chi connectivity index (χ0n) is 11.0. The molecule has 2 aromatic rings. The summed E-state index contributed by atoms with van der Waals surface area (Å²) in [6.45, 7) is 3.28. The van der Waals surface area contributed by atoms with Crippen LogP contribution in [0.5, 0.6) is 0 Å². The molecule has 5 nitrogen and oxygen atoms in total. The molecule has 5 heteroatoms. The Hall–Kier alpha value is -2.43. The van der Waals surface area contributed by atoms with Gasteiger partial charge < -0.3 is 10.1 Å². The number of nitrogens with zero attached hydrogens (tertiary/aromatic N) is 1. The number of aromatic nitrogens is 1. The number of fused-ring (bicyclic) bond motifs is 1. The first kappa shape index (κ1) is 13.0. The van der Waals surface area contributed by atoms with Crippen molar-refractivity contribution in [2.45, 2.75) is 13.8 Å². The summed E-state index contributed by atoms with van der Waals surface area (Å²) in [5.74, 6) is -0.591. The lowest BCUT2D eigenvalue weighted by molar-refractivity contribution is -0.114. The number of anilines is 1. The van der Waals surface area contributed by atoms with E-state index in [9.17, 15) is 9.59 Å². The minimum Gasteiger partial charge on any atom is -0.465 e. The molecule has 1 heterocycles. The lowest BCUT2D eigenvalue weighted by Gasteiger charge is -2.09. The number of carbonyl (C=O) groups excluding carboxylic acids is 2. The van der Waals surface area contributed by atoms with Crippen molar-refractivity contribution >= 4 is 28.5 Å². The highest BCUT2D eigenvalue weighted by Crippen LogP contribution is 2.24. The van der Waals surface area contributed by atoms with Gasteiger partial charge in [0.15, 0.2) is 0 Å². The van der Waals surface area contributed by atoms with E-state index in [1.54, 1.807) is 24.3 Å². The second-order valence-electron chi connectivity index (χ2n) is 4.22. The third kappa shape index (κ3) is 2.70. The molecule has 1 amide bonds. The van der Waals surface area contributed by atoms with Crippen LogP contribution in [0.15, 0.2) is 24.3 Å². The zero-order valence-corrected chi connectivity index (χ0v) is 11.0. The van der Waals surface area contributed by atoms with Gasteiger partial charge in [0.25, 0.3) is 0 Å². The third-order valence-electron chi connectivity index (χ3n) is 2.67. The van der Waals surface area contributed by atoms with E-state index in [-0.39, 0.29) is 5.91 Å². The zero-order chi connectivity index (χ0) is 14.0. The lowest BCUT2D eigenvalue weighted by Crippen LogP contribution is -2.08. The Balaban J connectivity index is 2.64. The average molecular weight is 258 g/mol. The van der Waals surface area contributed by atoms with Crippen molar-refractivity contribution in [3.05, 3.63) is 35.5 Å². The summed E-state index contributed by atoms with van der Waals surface area (Å²) in [6, 6.07) is 6.82. The largest absolute Gasteiger partial charge is 0.465 e. The summed E-state index contributed by atoms with van der Waals surface area (Å²) in [6.07, 6.45) is 0. The first-order valence-electron chi connectivity index (χ1n) is 5.78. The van der Waals surface area contributed by atoms with Crippen LogP contribution in [-0.2, 0) is 9.53 Å². The number of hydrogen-bond donors (Lipinski definition) is 1. The number of benzene rings is 1. The normalized spacial score (nSPS) is 10.3. The van der Waals surface area contributed by atoms with E-state index in [0.717, 1.165) is 11.2 Å². The fourth-order valence-corrected chi connectivity index (χ4v) is 1.90. The van der Waals surface area contributed by atoms with Crippen molar-refractivity contribution < 1.29 is 14.3 Å². The number of nitrogens with one attached hydrogen (secondary N) is 1. The molecule has 0 atom stereocenters. The number of esters is 1. The molecule has 0 radical (unpaired) electrons. The van der Waals surface area contributed by atoms with E-state index < -0.39 is 5.97 Å². The minimum atomic E-state index is -0.420. The Morgan fingerprint density at radius 1 is 1.26 bits per heavy atom. The van der Waals surface area contributed by atoms with E-state index in [4.69, 9.17) is 0 Å². The van der Waals surface area contributed by atoms with Crippen molar-refractivity contribution in [2.75, 3.05) is 12.4 Å². The second-order valence-corrected chi connectivity index (χ2v) is 4.22. The molecule has 0 aliphatic rings. The molecule has 1 aromatic carbocycles. The van der Waals surface area contributed by atoms with E-state index in [1.807, 2.05) is 6.92 Å². The van der Waals surface area contributed by atoms with Crippen LogP contribution in [0.3, 0.4) is 0 Å². The van der Waals surface area contributed by atoms with Crippen molar-refractivity contribution in [1.29, 1.82) is 0 Å². The number of rotatable bonds is 2. The fraction of sp³-hybridized carbons (Fsp3) is 0.214. The Labute approximate surface area is 110 Å². The van der Waals surface area contributed by atoms with Gasteiger partial charge in [-0.1, -0.05) is 0 Å². The van der Waals surface area contributed by atoms with Crippen molar-refractivity contribution in [2.24, 2.45) is 0 Å². The molecule has 19 heavy (non-hydrogen) atoms. The highest BCUT2D eigenvalue weighted by atomic mass is 16.5. The van der Waals surface area contributed by atoms with Gasteiger partial charge in [0.1, 0.15) is 0 Å². The molecule has 0 aliphatic carbocycles. The monoisotopic (exact) mass is 258 g/mol. The predicted octanol–water partition coefficient (Wildman–Crippen LogP) is 2.29. The van der Waals surface area contributed by atoms with Crippen molar-refractivity contribution in [3.8, 4) is 0 Å². The minimum absolute atomic E-state index is 0.171. The van der Waals surface area contributed by atoms with E-state index in [0.29, 0.717) is 16.6 Å². The van der Waals surface area contributed by atoms with Gasteiger partial charge in [-0.05, 0) is 31.2 Å². The summed E-state index contributed by atoms with van der Waals surface area (Å²) < 4.78 is 4.68. The first-order valence-corrected chi connectivity index (χ1v) is 5.78. The molecule has 0 spiro atoms. The number of amides is 1. The highest BCUT2D eigenvalue weighted by Gasteiger charge is 2.10. The molecular formula is C14H14N2O3. The Bertz CT molecular complexity index is 665. The first-order chi connectivity index (χ1) is 9.01. The number of aryl methyl sites for hydroxylation is 1. The third-order valence-corrected chi connectivity index (χ3v) is 2.67. The second kappa shape index (κ2) is 5.06. The molecule has 0 unspecified atom stereocenters. The standard InChI is InChI=1S/C14H14N2O3/c1-8-6-13(16-9(2)17)11-7-10(14(18)19-3)4-5-12(11)15-8/h4-7H,1-3H3,(H,15,16,17). The maximum absolute atomic E-state index is 11.5. The number of carbonyl (C=O) groups is 2. The lowest BCUT2D eigenvalue weighted by atomic mass is 10.1. The predicted molar refractivity (Wildman–Crippen MR) is 72.1 cm³/mol. The van der Waals surface area contributed by atoms with Gasteiger partial charge in [0.2, 0.25) is 5.91 Å². The van der Waals surface area contributed by atoms with Crippen LogP contribution in [0.25, 0.3) is 10.9 Å². The maximum atomic E-state index is 11.5. The molecule has 0 saturated heterocycles. The van der Waals surface area contributed by atoms with Crippen LogP contribution in [0.4, 0.5) is 5.69 Å². The SMILES string of the molecule is COC(=O)c1ccc2nc(C)cc(NC(C)=O)c2c1. The van der Waals surface area contributed by atoms with Gasteiger partial charge in [-0.25, -0.2) is 4.79 Å². The van der Waals surface area contributed by atoms with E-state index in [2.05, 4.69) is 15.0 Å². The van der Waals surface area contributed by atoms with E-state index >= 15 is 0 Å². The average Bonchev–Trinajstić information content (AvgIpc) is 2.36. The number of ether oxygens (including phenoxy) is 1.